The van der Waals surface area contributed by atoms with E-state index < -0.39 is 0 Å². The van der Waals surface area contributed by atoms with Gasteiger partial charge in [0, 0.05) is 21.6 Å². The quantitative estimate of drug-likeness (QED) is 0.778. The lowest BCUT2D eigenvalue weighted by Gasteiger charge is -2.13. The summed E-state index contributed by atoms with van der Waals surface area (Å²) < 4.78 is 12.6. The molecular weight excluding hydrogens is 386 g/mol. The summed E-state index contributed by atoms with van der Waals surface area (Å²) in [4.78, 5) is 0. The van der Waals surface area contributed by atoms with Crippen molar-refractivity contribution in [3.8, 4) is 11.5 Å². The smallest absolute Gasteiger partial charge is 0.145 e. The molecule has 5 heteroatoms. The molecule has 20 heavy (non-hydrogen) atoms. The molecule has 0 aromatic heterocycles. The summed E-state index contributed by atoms with van der Waals surface area (Å²) in [7, 11) is 3.29. The van der Waals surface area contributed by atoms with Gasteiger partial charge in [-0.1, -0.05) is 6.07 Å². The molecule has 0 unspecified atom stereocenters. The highest BCUT2D eigenvalue weighted by Gasteiger charge is 2.05. The molecule has 0 saturated carbocycles. The van der Waals surface area contributed by atoms with Gasteiger partial charge in [0.25, 0.3) is 0 Å². The average molecular weight is 401 g/mol. The number of hydrogen-bond acceptors (Lipinski definition) is 3. The van der Waals surface area contributed by atoms with E-state index in [9.17, 15) is 0 Å². The highest BCUT2D eigenvalue weighted by Crippen LogP contribution is 2.30. The Hall–Kier alpha value is -1.20. The second kappa shape index (κ2) is 6.99. The Morgan fingerprint density at radius 2 is 1.75 bits per heavy atom. The molecule has 0 radical (unpaired) electrons. The van der Waals surface area contributed by atoms with Gasteiger partial charge in [0.15, 0.2) is 0 Å². The average Bonchev–Trinajstić information content (AvgIpc) is 2.48. The fraction of sp³-hybridized carbons (Fsp3) is 0.200. The molecule has 0 heterocycles. The number of methoxy groups -OCH3 is 2. The number of hydrogen-bond donors (Lipinski definition) is 1. The number of benzene rings is 2. The van der Waals surface area contributed by atoms with Gasteiger partial charge >= 0.3 is 0 Å². The minimum Gasteiger partial charge on any atom is -0.497 e. The van der Waals surface area contributed by atoms with Gasteiger partial charge in [0.05, 0.1) is 19.9 Å². The van der Waals surface area contributed by atoms with Gasteiger partial charge in [-0.2, -0.15) is 0 Å². The molecule has 0 aliphatic rings. The van der Waals surface area contributed by atoms with Crippen molar-refractivity contribution in [1.82, 2.24) is 0 Å². The normalized spacial score (nSPS) is 10.2. The highest BCUT2D eigenvalue weighted by atomic mass is 79.9. The fourth-order valence-electron chi connectivity index (χ4n) is 1.79. The Morgan fingerprint density at radius 3 is 2.40 bits per heavy atom. The van der Waals surface area contributed by atoms with Gasteiger partial charge in [-0.05, 0) is 61.7 Å². The van der Waals surface area contributed by atoms with Crippen LogP contribution in [0.15, 0.2) is 45.3 Å². The van der Waals surface area contributed by atoms with E-state index in [0.717, 1.165) is 26.1 Å². The van der Waals surface area contributed by atoms with Gasteiger partial charge in [-0.3, -0.25) is 0 Å². The van der Waals surface area contributed by atoms with Crippen LogP contribution in [0.2, 0.25) is 0 Å². The molecule has 0 fully saturated rings. The lowest BCUT2D eigenvalue weighted by atomic mass is 10.2. The molecule has 0 saturated heterocycles. The van der Waals surface area contributed by atoms with Crippen molar-refractivity contribution in [2.75, 3.05) is 19.5 Å². The maximum absolute atomic E-state index is 5.36. The fourth-order valence-corrected chi connectivity index (χ4v) is 2.46. The van der Waals surface area contributed by atoms with Gasteiger partial charge in [0.1, 0.15) is 11.5 Å². The molecule has 106 valence electrons. The van der Waals surface area contributed by atoms with E-state index >= 15 is 0 Å². The molecule has 3 nitrogen and oxygen atoms in total. The first-order valence-electron chi connectivity index (χ1n) is 6.04. The van der Waals surface area contributed by atoms with Crippen molar-refractivity contribution in [2.45, 2.75) is 6.54 Å². The van der Waals surface area contributed by atoms with Crippen LogP contribution in [0.4, 0.5) is 5.69 Å². The summed E-state index contributed by atoms with van der Waals surface area (Å²) in [5.74, 6) is 1.54. The lowest BCUT2D eigenvalue weighted by molar-refractivity contribution is 0.395. The summed E-state index contributed by atoms with van der Waals surface area (Å²) in [5.41, 5.74) is 2.12. The molecule has 0 amide bonds. The predicted octanol–water partition coefficient (Wildman–Crippen LogP) is 4.84. The number of ether oxygens (including phenoxy) is 2. The highest BCUT2D eigenvalue weighted by molar-refractivity contribution is 9.13. The molecule has 0 spiro atoms. The minimum absolute atomic E-state index is 0.717. The van der Waals surface area contributed by atoms with Crippen LogP contribution in [-0.2, 0) is 6.54 Å². The van der Waals surface area contributed by atoms with Crippen molar-refractivity contribution < 1.29 is 9.47 Å². The molecule has 2 rings (SSSR count). The van der Waals surface area contributed by atoms with Gasteiger partial charge in [-0.15, -0.1) is 0 Å². The van der Waals surface area contributed by atoms with Gasteiger partial charge in [0.2, 0.25) is 0 Å². The standard InChI is InChI=1S/C15H15Br2NO2/c1-19-11-4-6-14(15(8-11)20-2)18-9-10-3-5-12(16)13(17)7-10/h3-8,18H,9H2,1-2H3. The Kier molecular flexibility index (Phi) is 5.31. The third-order valence-corrected chi connectivity index (χ3v) is 4.76. The first-order valence-corrected chi connectivity index (χ1v) is 7.62. The van der Waals surface area contributed by atoms with Crippen molar-refractivity contribution in [3.05, 3.63) is 50.9 Å². The van der Waals surface area contributed by atoms with Crippen LogP contribution in [0, 0.1) is 0 Å². The summed E-state index contributed by atoms with van der Waals surface area (Å²) in [5, 5.41) is 3.36. The van der Waals surface area contributed by atoms with E-state index in [1.54, 1.807) is 14.2 Å². The third kappa shape index (κ3) is 3.67. The van der Waals surface area contributed by atoms with Gasteiger partial charge in [-0.25, -0.2) is 0 Å². The van der Waals surface area contributed by atoms with Crippen LogP contribution < -0.4 is 14.8 Å². The molecule has 0 aliphatic carbocycles. The lowest BCUT2D eigenvalue weighted by Crippen LogP contribution is -2.01. The van der Waals surface area contributed by atoms with E-state index in [-0.39, 0.29) is 0 Å². The summed E-state index contributed by atoms with van der Waals surface area (Å²) in [6, 6.07) is 11.9. The minimum atomic E-state index is 0.717. The maximum Gasteiger partial charge on any atom is 0.145 e. The maximum atomic E-state index is 5.36. The van der Waals surface area contributed by atoms with E-state index in [0.29, 0.717) is 6.54 Å². The van der Waals surface area contributed by atoms with Crippen LogP contribution >= 0.6 is 31.9 Å². The molecule has 2 aromatic carbocycles. The second-order valence-electron chi connectivity index (χ2n) is 4.17. The van der Waals surface area contributed by atoms with E-state index in [1.807, 2.05) is 24.3 Å². The molecule has 2 aromatic rings. The Bertz CT molecular complexity index is 602. The molecule has 0 bridgehead atoms. The van der Waals surface area contributed by atoms with E-state index in [4.69, 9.17) is 9.47 Å². The van der Waals surface area contributed by atoms with E-state index in [2.05, 4.69) is 49.3 Å². The zero-order chi connectivity index (χ0) is 14.5. The van der Waals surface area contributed by atoms with Gasteiger partial charge < -0.3 is 14.8 Å². The van der Waals surface area contributed by atoms with E-state index in [1.165, 1.54) is 5.56 Å². The Balaban J connectivity index is 2.12. The zero-order valence-corrected chi connectivity index (χ0v) is 14.4. The SMILES string of the molecule is COc1ccc(NCc2ccc(Br)c(Br)c2)c(OC)c1. The summed E-state index contributed by atoms with van der Waals surface area (Å²) in [6.45, 7) is 0.717. The molecule has 0 aliphatic heterocycles. The van der Waals surface area contributed by atoms with Crippen LogP contribution in [-0.4, -0.2) is 14.2 Å². The van der Waals surface area contributed by atoms with Crippen LogP contribution in [0.5, 0.6) is 11.5 Å². The summed E-state index contributed by atoms with van der Waals surface area (Å²) >= 11 is 6.97. The summed E-state index contributed by atoms with van der Waals surface area (Å²) in [6.07, 6.45) is 0. The van der Waals surface area contributed by atoms with Crippen LogP contribution in [0.25, 0.3) is 0 Å². The number of halogens is 2. The second-order valence-corrected chi connectivity index (χ2v) is 5.88. The molecule has 1 N–H and O–H groups in total. The van der Waals surface area contributed by atoms with Crippen molar-refractivity contribution in [2.24, 2.45) is 0 Å². The van der Waals surface area contributed by atoms with Crippen molar-refractivity contribution in [3.63, 3.8) is 0 Å². The Labute approximate surface area is 135 Å². The number of rotatable bonds is 5. The third-order valence-electron chi connectivity index (χ3n) is 2.88. The number of nitrogens with one attached hydrogen (secondary N) is 1. The number of anilines is 1. The topological polar surface area (TPSA) is 30.5 Å². The van der Waals surface area contributed by atoms with Crippen molar-refractivity contribution >= 4 is 37.5 Å². The zero-order valence-electron chi connectivity index (χ0n) is 11.2. The van der Waals surface area contributed by atoms with Crippen LogP contribution in [0.1, 0.15) is 5.56 Å². The first-order chi connectivity index (χ1) is 9.63. The Morgan fingerprint density at radius 1 is 0.950 bits per heavy atom. The van der Waals surface area contributed by atoms with Crippen LogP contribution in [0.3, 0.4) is 0 Å². The predicted molar refractivity (Wildman–Crippen MR) is 88.7 cm³/mol. The molecule has 0 atom stereocenters. The molecular formula is C15H15Br2NO2. The largest absolute Gasteiger partial charge is 0.497 e. The monoisotopic (exact) mass is 399 g/mol. The van der Waals surface area contributed by atoms with Crippen molar-refractivity contribution in [1.29, 1.82) is 0 Å². The first kappa shape index (κ1) is 15.2.